The maximum atomic E-state index is 13.9. The number of hydrogen-bond acceptors (Lipinski definition) is 6. The van der Waals surface area contributed by atoms with Gasteiger partial charge in [-0.3, -0.25) is 9.59 Å². The first kappa shape index (κ1) is 29.6. The van der Waals surface area contributed by atoms with Gasteiger partial charge in [0.15, 0.2) is 5.41 Å². The number of hydrogen-bond donors (Lipinski definition) is 2. The van der Waals surface area contributed by atoms with Crippen molar-refractivity contribution in [1.82, 2.24) is 10.6 Å². The highest BCUT2D eigenvalue weighted by atomic mass is 16.6. The van der Waals surface area contributed by atoms with E-state index in [1.165, 1.54) is 0 Å². The molecule has 0 radical (unpaired) electrons. The van der Waals surface area contributed by atoms with Crippen molar-refractivity contribution in [2.45, 2.75) is 142 Å². The molecule has 0 spiro atoms. The molecule has 2 fully saturated rings. The molecule has 2 heterocycles. The zero-order valence-corrected chi connectivity index (χ0v) is 23.9. The summed E-state index contributed by atoms with van der Waals surface area (Å²) in [6.07, 6.45) is 2.43. The topological polar surface area (TPSA) is 76.7 Å². The van der Waals surface area contributed by atoms with Crippen LogP contribution < -0.4 is 10.6 Å². The van der Waals surface area contributed by atoms with E-state index < -0.39 is 17.4 Å². The first-order chi connectivity index (χ1) is 15.7. The molecule has 0 aromatic rings. The zero-order valence-electron chi connectivity index (χ0n) is 23.9. The second-order valence-electron chi connectivity index (χ2n) is 14.0. The molecule has 35 heavy (non-hydrogen) atoms. The second-order valence-corrected chi connectivity index (χ2v) is 14.0. The highest BCUT2D eigenvalue weighted by Crippen LogP contribution is 2.40. The standard InChI is InChI=1S/C29H50N2O4/c1-19(2)13-29(14-20(3)4,23(32)34-21-15-25(5,6)30-26(7,8)16-21)24(33)35-22-17-27(9,10)31-28(11,12)18-22/h21-22,30-31H,1,3,13-18H2,2,4-12H3. The maximum absolute atomic E-state index is 13.9. The van der Waals surface area contributed by atoms with Crippen molar-refractivity contribution in [1.29, 1.82) is 0 Å². The van der Waals surface area contributed by atoms with Gasteiger partial charge in [0.1, 0.15) is 12.2 Å². The van der Waals surface area contributed by atoms with Crippen LogP contribution in [0.4, 0.5) is 0 Å². The Balaban J connectivity index is 2.37. The van der Waals surface area contributed by atoms with Crippen molar-refractivity contribution in [3.63, 3.8) is 0 Å². The predicted molar refractivity (Wildman–Crippen MR) is 142 cm³/mol. The minimum atomic E-state index is -1.49. The summed E-state index contributed by atoms with van der Waals surface area (Å²) in [5.41, 5.74) is -0.782. The van der Waals surface area contributed by atoms with Gasteiger partial charge in [-0.25, -0.2) is 0 Å². The molecule has 2 rings (SSSR count). The first-order valence-corrected chi connectivity index (χ1v) is 13.0. The summed E-state index contributed by atoms with van der Waals surface area (Å²) in [5.74, 6) is -1.06. The van der Waals surface area contributed by atoms with Gasteiger partial charge in [-0.2, -0.15) is 0 Å². The van der Waals surface area contributed by atoms with Gasteiger partial charge < -0.3 is 20.1 Å². The molecular formula is C29H50N2O4. The summed E-state index contributed by atoms with van der Waals surface area (Å²) in [4.78, 5) is 27.9. The van der Waals surface area contributed by atoms with Gasteiger partial charge in [0, 0.05) is 47.8 Å². The zero-order chi connectivity index (χ0) is 27.0. The van der Waals surface area contributed by atoms with E-state index in [4.69, 9.17) is 9.47 Å². The van der Waals surface area contributed by atoms with E-state index >= 15 is 0 Å². The minimum absolute atomic E-state index is 0.174. The summed E-state index contributed by atoms with van der Waals surface area (Å²) in [6, 6.07) is 0. The number of rotatable bonds is 8. The molecule has 2 N–H and O–H groups in total. The van der Waals surface area contributed by atoms with E-state index in [0.717, 1.165) is 11.1 Å². The van der Waals surface area contributed by atoms with Crippen LogP contribution >= 0.6 is 0 Å². The van der Waals surface area contributed by atoms with E-state index in [9.17, 15) is 9.59 Å². The van der Waals surface area contributed by atoms with Crippen molar-refractivity contribution < 1.29 is 19.1 Å². The molecule has 2 saturated heterocycles. The van der Waals surface area contributed by atoms with Crippen molar-refractivity contribution in [3.05, 3.63) is 24.3 Å². The lowest BCUT2D eigenvalue weighted by Gasteiger charge is -2.47. The van der Waals surface area contributed by atoms with Crippen LogP contribution in [0.5, 0.6) is 0 Å². The fourth-order valence-electron chi connectivity index (χ4n) is 6.62. The third kappa shape index (κ3) is 8.18. The average molecular weight is 491 g/mol. The average Bonchev–Trinajstić information content (AvgIpc) is 2.53. The number of esters is 2. The van der Waals surface area contributed by atoms with Crippen LogP contribution in [0.3, 0.4) is 0 Å². The fraction of sp³-hybridized carbons (Fsp3) is 0.793. The fourth-order valence-corrected chi connectivity index (χ4v) is 6.62. The van der Waals surface area contributed by atoms with Crippen molar-refractivity contribution >= 4 is 11.9 Å². The number of ether oxygens (including phenoxy) is 2. The quantitative estimate of drug-likeness (QED) is 0.262. The molecule has 0 aromatic carbocycles. The van der Waals surface area contributed by atoms with Gasteiger partial charge in [0.05, 0.1) is 0 Å². The molecule has 0 amide bonds. The van der Waals surface area contributed by atoms with Crippen molar-refractivity contribution in [3.8, 4) is 0 Å². The van der Waals surface area contributed by atoms with Crippen LogP contribution in [-0.4, -0.2) is 46.3 Å². The first-order valence-electron chi connectivity index (χ1n) is 13.0. The summed E-state index contributed by atoms with van der Waals surface area (Å²) in [6.45, 7) is 28.6. The van der Waals surface area contributed by atoms with Gasteiger partial charge in [0.25, 0.3) is 0 Å². The van der Waals surface area contributed by atoms with E-state index in [-0.39, 0.29) is 47.2 Å². The number of piperidine rings is 2. The Kier molecular flexibility index (Phi) is 8.45. The lowest BCUT2D eigenvalue weighted by molar-refractivity contribution is -0.183. The van der Waals surface area contributed by atoms with Gasteiger partial charge in [-0.1, -0.05) is 11.1 Å². The Morgan fingerprint density at radius 1 is 0.686 bits per heavy atom. The molecule has 6 heteroatoms. The summed E-state index contributed by atoms with van der Waals surface area (Å²) < 4.78 is 12.3. The molecule has 2 aliphatic rings. The van der Waals surface area contributed by atoms with E-state index in [2.05, 4.69) is 79.2 Å². The molecule has 0 aromatic heterocycles. The Hall–Kier alpha value is -1.66. The van der Waals surface area contributed by atoms with Gasteiger partial charge in [0.2, 0.25) is 0 Å². The number of carbonyl (C=O) groups excluding carboxylic acids is 2. The molecule has 0 aliphatic carbocycles. The predicted octanol–water partition coefficient (Wildman–Crippen LogP) is 5.61. The number of allylic oxidation sites excluding steroid dienone is 2. The molecular weight excluding hydrogens is 440 g/mol. The van der Waals surface area contributed by atoms with Crippen LogP contribution in [0.25, 0.3) is 0 Å². The Bertz CT molecular complexity index is 751. The van der Waals surface area contributed by atoms with Gasteiger partial charge in [-0.15, -0.1) is 13.2 Å². The lowest BCUT2D eigenvalue weighted by atomic mass is 9.76. The Labute approximate surface area is 213 Å². The summed E-state index contributed by atoms with van der Waals surface area (Å²) in [5, 5.41) is 7.23. The highest BCUT2D eigenvalue weighted by molar-refractivity contribution is 6.01. The molecule has 200 valence electrons. The Morgan fingerprint density at radius 3 is 1.17 bits per heavy atom. The molecule has 0 atom stereocenters. The molecule has 0 bridgehead atoms. The number of nitrogens with one attached hydrogen (secondary N) is 2. The van der Waals surface area contributed by atoms with Gasteiger partial charge in [-0.05, 0) is 82.1 Å². The minimum Gasteiger partial charge on any atom is -0.461 e. The Morgan fingerprint density at radius 2 is 0.943 bits per heavy atom. The largest absolute Gasteiger partial charge is 0.461 e. The van der Waals surface area contributed by atoms with Crippen LogP contribution in [-0.2, 0) is 19.1 Å². The molecule has 2 aliphatic heterocycles. The van der Waals surface area contributed by atoms with Crippen molar-refractivity contribution in [2.75, 3.05) is 0 Å². The lowest BCUT2D eigenvalue weighted by Crippen LogP contribution is -2.61. The number of carbonyl (C=O) groups is 2. The van der Waals surface area contributed by atoms with E-state index in [1.54, 1.807) is 0 Å². The summed E-state index contributed by atoms with van der Waals surface area (Å²) >= 11 is 0. The normalized spacial score (nSPS) is 23.8. The van der Waals surface area contributed by atoms with E-state index in [1.807, 2.05) is 13.8 Å². The van der Waals surface area contributed by atoms with E-state index in [0.29, 0.717) is 25.7 Å². The molecule has 0 saturated carbocycles. The monoisotopic (exact) mass is 490 g/mol. The molecule has 6 nitrogen and oxygen atoms in total. The van der Waals surface area contributed by atoms with Gasteiger partial charge >= 0.3 is 11.9 Å². The third-order valence-electron chi connectivity index (χ3n) is 6.84. The second kappa shape index (κ2) is 10.0. The molecule has 0 unspecified atom stereocenters. The van der Waals surface area contributed by atoms with Crippen LogP contribution in [0.15, 0.2) is 24.3 Å². The SMILES string of the molecule is C=C(C)CC(CC(=C)C)(C(=O)OC1CC(C)(C)NC(C)(C)C1)C(=O)OC1CC(C)(C)NC(C)(C)C1. The van der Waals surface area contributed by atoms with Crippen LogP contribution in [0, 0.1) is 5.41 Å². The van der Waals surface area contributed by atoms with Crippen molar-refractivity contribution in [2.24, 2.45) is 5.41 Å². The van der Waals surface area contributed by atoms with Crippen LogP contribution in [0.1, 0.15) is 108 Å². The van der Waals surface area contributed by atoms with Crippen LogP contribution in [0.2, 0.25) is 0 Å². The third-order valence-corrected chi connectivity index (χ3v) is 6.84. The summed E-state index contributed by atoms with van der Waals surface area (Å²) in [7, 11) is 0. The maximum Gasteiger partial charge on any atom is 0.324 e. The smallest absolute Gasteiger partial charge is 0.324 e. The highest BCUT2D eigenvalue weighted by Gasteiger charge is 2.52.